The second-order valence-corrected chi connectivity index (χ2v) is 6.82. The Kier molecular flexibility index (Phi) is 6.97. The number of rotatable bonds is 5. The molecule has 0 saturated carbocycles. The van der Waals surface area contributed by atoms with Gasteiger partial charge in [-0.05, 0) is 40.7 Å². The molecule has 2 N–H and O–H groups in total. The van der Waals surface area contributed by atoms with Gasteiger partial charge in [-0.3, -0.25) is 14.9 Å². The minimum Gasteiger partial charge on any atom is -0.496 e. The standard InChI is InChI=1S/C18H26N2O5/c1-11-7-8-14(24-6)13(9-11)10-15(21)25-12(2)16(22)19-17(23)20-18(3,4)5/h7-9,12H,10H2,1-6H3,(H2,19,20,22,23)/t12-/m0/s1. The number of carbonyl (C=O) groups excluding carboxylic acids is 3. The molecule has 0 aliphatic heterocycles. The predicted octanol–water partition coefficient (Wildman–Crippen LogP) is 2.10. The summed E-state index contributed by atoms with van der Waals surface area (Å²) in [5.41, 5.74) is 1.17. The number of imide groups is 1. The van der Waals surface area contributed by atoms with Crippen LogP contribution >= 0.6 is 0 Å². The number of hydrogen-bond acceptors (Lipinski definition) is 5. The van der Waals surface area contributed by atoms with Crippen LogP contribution in [0.2, 0.25) is 0 Å². The zero-order chi connectivity index (χ0) is 19.2. The molecule has 138 valence electrons. The number of ether oxygens (including phenoxy) is 2. The van der Waals surface area contributed by atoms with Crippen LogP contribution in [0.4, 0.5) is 4.79 Å². The van der Waals surface area contributed by atoms with Crippen LogP contribution in [0.25, 0.3) is 0 Å². The van der Waals surface area contributed by atoms with Gasteiger partial charge in [-0.2, -0.15) is 0 Å². The highest BCUT2D eigenvalue weighted by atomic mass is 16.5. The molecular formula is C18H26N2O5. The number of carbonyl (C=O) groups is 3. The Balaban J connectivity index is 2.60. The number of methoxy groups -OCH3 is 1. The lowest BCUT2D eigenvalue weighted by molar-refractivity contribution is -0.153. The third-order valence-corrected chi connectivity index (χ3v) is 3.17. The summed E-state index contributed by atoms with van der Waals surface area (Å²) in [5, 5.41) is 4.74. The van der Waals surface area contributed by atoms with Crippen LogP contribution in [0.15, 0.2) is 18.2 Å². The van der Waals surface area contributed by atoms with E-state index in [1.165, 1.54) is 14.0 Å². The molecule has 7 heteroatoms. The fourth-order valence-electron chi connectivity index (χ4n) is 2.08. The fraction of sp³-hybridized carbons (Fsp3) is 0.500. The molecular weight excluding hydrogens is 324 g/mol. The van der Waals surface area contributed by atoms with E-state index in [0.29, 0.717) is 11.3 Å². The molecule has 0 aromatic heterocycles. The van der Waals surface area contributed by atoms with Gasteiger partial charge in [-0.15, -0.1) is 0 Å². The van der Waals surface area contributed by atoms with Crippen LogP contribution in [0.3, 0.4) is 0 Å². The van der Waals surface area contributed by atoms with E-state index >= 15 is 0 Å². The van der Waals surface area contributed by atoms with E-state index in [9.17, 15) is 14.4 Å². The molecule has 0 saturated heterocycles. The summed E-state index contributed by atoms with van der Waals surface area (Å²) < 4.78 is 10.3. The number of amides is 3. The van der Waals surface area contributed by atoms with Gasteiger partial charge in [-0.25, -0.2) is 4.79 Å². The molecule has 0 aliphatic carbocycles. The summed E-state index contributed by atoms with van der Waals surface area (Å²) in [6.07, 6.45) is -1.12. The van der Waals surface area contributed by atoms with E-state index in [1.54, 1.807) is 26.8 Å². The lowest BCUT2D eigenvalue weighted by atomic mass is 10.1. The molecule has 7 nitrogen and oxygen atoms in total. The smallest absolute Gasteiger partial charge is 0.321 e. The Bertz CT molecular complexity index is 649. The minimum absolute atomic E-state index is 0.0311. The summed E-state index contributed by atoms with van der Waals surface area (Å²) in [5.74, 6) is -0.696. The van der Waals surface area contributed by atoms with Gasteiger partial charge < -0.3 is 14.8 Å². The van der Waals surface area contributed by atoms with E-state index < -0.39 is 29.6 Å². The third-order valence-electron chi connectivity index (χ3n) is 3.17. The van der Waals surface area contributed by atoms with Gasteiger partial charge in [0.05, 0.1) is 13.5 Å². The highest BCUT2D eigenvalue weighted by Gasteiger charge is 2.22. The van der Waals surface area contributed by atoms with E-state index in [2.05, 4.69) is 10.6 Å². The first-order valence-electron chi connectivity index (χ1n) is 7.98. The summed E-state index contributed by atoms with van der Waals surface area (Å²) >= 11 is 0. The van der Waals surface area contributed by atoms with E-state index in [1.807, 2.05) is 19.1 Å². The maximum atomic E-state index is 12.1. The van der Waals surface area contributed by atoms with Crippen LogP contribution in [-0.4, -0.2) is 36.7 Å². The van der Waals surface area contributed by atoms with Crippen LogP contribution in [0.1, 0.15) is 38.8 Å². The van der Waals surface area contributed by atoms with Crippen molar-refractivity contribution in [2.24, 2.45) is 0 Å². The summed E-state index contributed by atoms with van der Waals surface area (Å²) in [4.78, 5) is 35.7. The van der Waals surface area contributed by atoms with Gasteiger partial charge in [0, 0.05) is 11.1 Å². The third kappa shape index (κ3) is 7.24. The Labute approximate surface area is 148 Å². The normalized spacial score (nSPS) is 12.1. The maximum Gasteiger partial charge on any atom is 0.321 e. The van der Waals surface area contributed by atoms with E-state index in [-0.39, 0.29) is 6.42 Å². The Morgan fingerprint density at radius 2 is 1.84 bits per heavy atom. The molecule has 0 bridgehead atoms. The van der Waals surface area contributed by atoms with Crippen molar-refractivity contribution in [3.8, 4) is 5.75 Å². The second-order valence-electron chi connectivity index (χ2n) is 6.82. The van der Waals surface area contributed by atoms with Gasteiger partial charge in [0.2, 0.25) is 0 Å². The van der Waals surface area contributed by atoms with Crippen molar-refractivity contribution in [2.45, 2.75) is 52.7 Å². The van der Waals surface area contributed by atoms with Crippen LogP contribution in [0.5, 0.6) is 5.75 Å². The number of aryl methyl sites for hydroxylation is 1. The van der Waals surface area contributed by atoms with Crippen molar-refractivity contribution in [3.63, 3.8) is 0 Å². The zero-order valence-corrected chi connectivity index (χ0v) is 15.6. The van der Waals surface area contributed by atoms with Gasteiger partial charge in [-0.1, -0.05) is 17.7 Å². The van der Waals surface area contributed by atoms with Crippen LogP contribution in [-0.2, 0) is 20.7 Å². The molecule has 1 aromatic carbocycles. The number of esters is 1. The van der Waals surface area contributed by atoms with Gasteiger partial charge >= 0.3 is 12.0 Å². The topological polar surface area (TPSA) is 93.7 Å². The highest BCUT2D eigenvalue weighted by molar-refractivity contribution is 5.97. The molecule has 1 rings (SSSR count). The largest absolute Gasteiger partial charge is 0.496 e. The lowest BCUT2D eigenvalue weighted by Crippen LogP contribution is -2.50. The Morgan fingerprint density at radius 1 is 1.20 bits per heavy atom. The van der Waals surface area contributed by atoms with Gasteiger partial charge in [0.1, 0.15) is 5.75 Å². The van der Waals surface area contributed by atoms with Crippen molar-refractivity contribution in [1.29, 1.82) is 0 Å². The summed E-state index contributed by atoms with van der Waals surface area (Å²) in [7, 11) is 1.52. The number of benzene rings is 1. The van der Waals surface area contributed by atoms with Crippen LogP contribution in [0, 0.1) is 6.92 Å². The first-order chi connectivity index (χ1) is 11.5. The molecule has 0 spiro atoms. The minimum atomic E-state index is -1.09. The SMILES string of the molecule is COc1ccc(C)cc1CC(=O)O[C@@H](C)C(=O)NC(=O)NC(C)(C)C. The molecule has 3 amide bonds. The molecule has 25 heavy (non-hydrogen) atoms. The molecule has 1 aromatic rings. The van der Waals surface area contributed by atoms with Crippen molar-refractivity contribution < 1.29 is 23.9 Å². The molecule has 0 fully saturated rings. The number of nitrogens with one attached hydrogen (secondary N) is 2. The molecule has 0 heterocycles. The number of urea groups is 1. The maximum absolute atomic E-state index is 12.1. The number of hydrogen-bond donors (Lipinski definition) is 2. The predicted molar refractivity (Wildman–Crippen MR) is 93.4 cm³/mol. The lowest BCUT2D eigenvalue weighted by Gasteiger charge is -2.21. The fourth-order valence-corrected chi connectivity index (χ4v) is 2.08. The summed E-state index contributed by atoms with van der Waals surface area (Å²) in [6.45, 7) is 8.67. The van der Waals surface area contributed by atoms with Crippen LogP contribution < -0.4 is 15.4 Å². The monoisotopic (exact) mass is 350 g/mol. The van der Waals surface area contributed by atoms with Crippen molar-refractivity contribution in [2.75, 3.05) is 7.11 Å². The average molecular weight is 350 g/mol. The van der Waals surface area contributed by atoms with Crippen molar-refractivity contribution in [1.82, 2.24) is 10.6 Å². The Hall–Kier alpha value is -2.57. The average Bonchev–Trinajstić information content (AvgIpc) is 2.45. The van der Waals surface area contributed by atoms with Crippen molar-refractivity contribution in [3.05, 3.63) is 29.3 Å². The molecule has 1 atom stereocenters. The molecule has 0 aliphatic rings. The first-order valence-corrected chi connectivity index (χ1v) is 7.98. The molecule has 0 radical (unpaired) electrons. The highest BCUT2D eigenvalue weighted by Crippen LogP contribution is 2.20. The quantitative estimate of drug-likeness (QED) is 0.793. The second kappa shape index (κ2) is 8.50. The van der Waals surface area contributed by atoms with Gasteiger partial charge in [0.25, 0.3) is 5.91 Å². The van der Waals surface area contributed by atoms with E-state index in [4.69, 9.17) is 9.47 Å². The Morgan fingerprint density at radius 3 is 2.40 bits per heavy atom. The zero-order valence-electron chi connectivity index (χ0n) is 15.6. The summed E-state index contributed by atoms with van der Waals surface area (Å²) in [6, 6.07) is 4.82. The first kappa shape index (κ1) is 20.5. The van der Waals surface area contributed by atoms with Gasteiger partial charge in [0.15, 0.2) is 6.10 Å². The molecule has 0 unspecified atom stereocenters. The van der Waals surface area contributed by atoms with Crippen molar-refractivity contribution >= 4 is 17.9 Å². The van der Waals surface area contributed by atoms with E-state index in [0.717, 1.165) is 5.56 Å².